The Labute approximate surface area is 141 Å². The molecule has 2 aliphatic rings. The summed E-state index contributed by atoms with van der Waals surface area (Å²) in [4.78, 5) is 12.6. The number of carbonyl (C=O) groups is 1. The summed E-state index contributed by atoms with van der Waals surface area (Å²) in [6.07, 6.45) is 6.61. The van der Waals surface area contributed by atoms with E-state index < -0.39 is 0 Å². The van der Waals surface area contributed by atoms with E-state index in [1.54, 1.807) is 6.20 Å². The van der Waals surface area contributed by atoms with Gasteiger partial charge in [-0.2, -0.15) is 5.10 Å². The van der Waals surface area contributed by atoms with Crippen molar-refractivity contribution in [1.82, 2.24) is 15.5 Å². The monoisotopic (exact) mass is 326 g/mol. The van der Waals surface area contributed by atoms with Gasteiger partial charge in [-0.3, -0.25) is 9.89 Å². The first-order chi connectivity index (χ1) is 11.8. The fourth-order valence-electron chi connectivity index (χ4n) is 3.65. The minimum Gasteiger partial charge on any atom is -0.375 e. The third-order valence-electron chi connectivity index (χ3n) is 4.98. The molecule has 2 aromatic rings. The van der Waals surface area contributed by atoms with Gasteiger partial charge in [0.05, 0.1) is 18.9 Å². The third-order valence-corrected chi connectivity index (χ3v) is 4.98. The van der Waals surface area contributed by atoms with Crippen LogP contribution in [0.2, 0.25) is 0 Å². The molecule has 1 aromatic heterocycles. The molecule has 3 atom stereocenters. The Bertz CT molecular complexity index is 684. The summed E-state index contributed by atoms with van der Waals surface area (Å²) in [5.41, 5.74) is 2.95. The fraction of sp³-hybridized carbons (Fsp3) is 0.444. The highest BCUT2D eigenvalue weighted by molar-refractivity contribution is 5.92. The maximum absolute atomic E-state index is 12.6. The predicted octanol–water partition coefficient (Wildman–Crippen LogP) is 2.17. The van der Waals surface area contributed by atoms with Crippen LogP contribution in [0.4, 0.5) is 5.69 Å². The molecule has 2 heterocycles. The van der Waals surface area contributed by atoms with E-state index in [1.165, 1.54) is 0 Å². The van der Waals surface area contributed by atoms with Crippen molar-refractivity contribution in [2.24, 2.45) is 5.92 Å². The summed E-state index contributed by atoms with van der Waals surface area (Å²) in [7, 11) is 0. The number of hydrogen-bond acceptors (Lipinski definition) is 4. The van der Waals surface area contributed by atoms with E-state index in [0.717, 1.165) is 49.2 Å². The van der Waals surface area contributed by atoms with E-state index in [9.17, 15) is 4.79 Å². The summed E-state index contributed by atoms with van der Waals surface area (Å²) in [6, 6.07) is 8.18. The van der Waals surface area contributed by atoms with Crippen LogP contribution < -0.4 is 10.6 Å². The molecule has 6 nitrogen and oxygen atoms in total. The molecule has 1 aromatic carbocycles. The summed E-state index contributed by atoms with van der Waals surface area (Å²) < 4.78 is 5.77. The smallest absolute Gasteiger partial charge is 0.227 e. The maximum Gasteiger partial charge on any atom is 0.227 e. The van der Waals surface area contributed by atoms with Gasteiger partial charge in [-0.15, -0.1) is 0 Å². The molecule has 6 heteroatoms. The Morgan fingerprint density at radius 1 is 1.21 bits per heavy atom. The lowest BCUT2D eigenvalue weighted by atomic mass is 9.82. The molecular formula is C18H22N4O2. The van der Waals surface area contributed by atoms with Gasteiger partial charge in [0.1, 0.15) is 0 Å². The third kappa shape index (κ3) is 3.20. The molecule has 1 aliphatic carbocycles. The molecule has 1 amide bonds. The molecule has 1 saturated heterocycles. The van der Waals surface area contributed by atoms with Crippen molar-refractivity contribution >= 4 is 11.6 Å². The van der Waals surface area contributed by atoms with Gasteiger partial charge >= 0.3 is 0 Å². The van der Waals surface area contributed by atoms with Gasteiger partial charge in [0, 0.05) is 36.0 Å². The second-order valence-corrected chi connectivity index (χ2v) is 6.53. The van der Waals surface area contributed by atoms with Crippen molar-refractivity contribution in [1.29, 1.82) is 0 Å². The number of H-pyrrole nitrogens is 1. The Hall–Kier alpha value is -2.18. The number of nitrogens with one attached hydrogen (secondary N) is 3. The highest BCUT2D eigenvalue weighted by atomic mass is 16.5. The summed E-state index contributed by atoms with van der Waals surface area (Å²) in [5.74, 6) is 0.158. The summed E-state index contributed by atoms with van der Waals surface area (Å²) in [5, 5.41) is 13.3. The normalized spacial score (nSPS) is 26.6. The molecule has 1 saturated carbocycles. The lowest BCUT2D eigenvalue weighted by Gasteiger charge is -2.39. The number of amides is 1. The Morgan fingerprint density at radius 2 is 2.08 bits per heavy atom. The van der Waals surface area contributed by atoms with Crippen LogP contribution in [0.5, 0.6) is 0 Å². The topological polar surface area (TPSA) is 79.0 Å². The molecule has 1 aliphatic heterocycles. The standard InChI is InChI=1S/C18H22N4O2/c23-18(13-3-6-17-16(9-13)19-7-8-24-17)22-15-4-1-12(2-5-15)14-10-20-21-11-14/h1-2,4-5,10-11,13,16-17,19H,3,6-9H2,(H,20,21)(H,22,23)/t13-,16+,17+/m0/s1. The number of morpholine rings is 1. The molecule has 0 bridgehead atoms. The van der Waals surface area contributed by atoms with Gasteiger partial charge in [-0.1, -0.05) is 12.1 Å². The largest absolute Gasteiger partial charge is 0.375 e. The highest BCUT2D eigenvalue weighted by Gasteiger charge is 2.35. The molecule has 0 spiro atoms. The second kappa shape index (κ2) is 6.75. The predicted molar refractivity (Wildman–Crippen MR) is 91.5 cm³/mol. The van der Waals surface area contributed by atoms with E-state index in [1.807, 2.05) is 30.5 Å². The zero-order valence-electron chi connectivity index (χ0n) is 13.5. The van der Waals surface area contributed by atoms with E-state index in [-0.39, 0.29) is 17.9 Å². The number of anilines is 1. The van der Waals surface area contributed by atoms with E-state index in [2.05, 4.69) is 20.8 Å². The van der Waals surface area contributed by atoms with Crippen molar-refractivity contribution < 1.29 is 9.53 Å². The number of nitrogens with zero attached hydrogens (tertiary/aromatic N) is 1. The molecule has 3 N–H and O–H groups in total. The van der Waals surface area contributed by atoms with Gasteiger partial charge < -0.3 is 15.4 Å². The van der Waals surface area contributed by atoms with Gasteiger partial charge in [0.15, 0.2) is 0 Å². The lowest BCUT2D eigenvalue weighted by Crippen LogP contribution is -2.52. The first-order valence-corrected chi connectivity index (χ1v) is 8.54. The van der Waals surface area contributed by atoms with Crippen molar-refractivity contribution in [2.45, 2.75) is 31.4 Å². The van der Waals surface area contributed by atoms with Crippen molar-refractivity contribution in [2.75, 3.05) is 18.5 Å². The number of aromatic amines is 1. The zero-order valence-corrected chi connectivity index (χ0v) is 13.5. The van der Waals surface area contributed by atoms with E-state index in [0.29, 0.717) is 6.04 Å². The fourth-order valence-corrected chi connectivity index (χ4v) is 3.65. The molecule has 24 heavy (non-hydrogen) atoms. The first kappa shape index (κ1) is 15.4. The summed E-state index contributed by atoms with van der Waals surface area (Å²) in [6.45, 7) is 1.66. The van der Waals surface area contributed by atoms with Crippen LogP contribution >= 0.6 is 0 Å². The highest BCUT2D eigenvalue weighted by Crippen LogP contribution is 2.29. The average molecular weight is 326 g/mol. The number of fused-ring (bicyclic) bond motifs is 1. The number of carbonyl (C=O) groups excluding carboxylic acids is 1. The van der Waals surface area contributed by atoms with Crippen molar-refractivity contribution in [3.05, 3.63) is 36.7 Å². The van der Waals surface area contributed by atoms with Crippen LogP contribution in [0.25, 0.3) is 11.1 Å². The van der Waals surface area contributed by atoms with Crippen LogP contribution in [-0.2, 0) is 9.53 Å². The molecule has 126 valence electrons. The van der Waals surface area contributed by atoms with Crippen LogP contribution in [0.1, 0.15) is 19.3 Å². The average Bonchev–Trinajstić information content (AvgIpc) is 3.16. The number of hydrogen-bond donors (Lipinski definition) is 3. The van der Waals surface area contributed by atoms with Crippen LogP contribution in [0, 0.1) is 5.92 Å². The van der Waals surface area contributed by atoms with Crippen LogP contribution in [0.3, 0.4) is 0 Å². The molecule has 0 radical (unpaired) electrons. The molecular weight excluding hydrogens is 304 g/mol. The number of benzene rings is 1. The first-order valence-electron chi connectivity index (χ1n) is 8.54. The van der Waals surface area contributed by atoms with Crippen LogP contribution in [-0.4, -0.2) is 41.4 Å². The second-order valence-electron chi connectivity index (χ2n) is 6.53. The Balaban J connectivity index is 1.37. The van der Waals surface area contributed by atoms with Gasteiger partial charge in [0.2, 0.25) is 5.91 Å². The minimum atomic E-state index is 0.0500. The van der Waals surface area contributed by atoms with Crippen molar-refractivity contribution in [3.8, 4) is 11.1 Å². The van der Waals surface area contributed by atoms with Gasteiger partial charge in [-0.25, -0.2) is 0 Å². The molecule has 4 rings (SSSR count). The van der Waals surface area contributed by atoms with E-state index in [4.69, 9.17) is 4.74 Å². The SMILES string of the molecule is O=C(Nc1ccc(-c2cn[nH]c2)cc1)[C@H]1CC[C@H]2OCCN[C@@H]2C1. The van der Waals surface area contributed by atoms with E-state index >= 15 is 0 Å². The number of rotatable bonds is 3. The molecule has 2 fully saturated rings. The van der Waals surface area contributed by atoms with Crippen molar-refractivity contribution in [3.63, 3.8) is 0 Å². The quantitative estimate of drug-likeness (QED) is 0.808. The maximum atomic E-state index is 12.6. The summed E-state index contributed by atoms with van der Waals surface area (Å²) >= 11 is 0. The Morgan fingerprint density at radius 3 is 2.88 bits per heavy atom. The van der Waals surface area contributed by atoms with Gasteiger partial charge in [0.25, 0.3) is 0 Å². The van der Waals surface area contributed by atoms with Gasteiger partial charge in [-0.05, 0) is 37.0 Å². The number of ether oxygens (including phenoxy) is 1. The lowest BCUT2D eigenvalue weighted by molar-refractivity contribution is -0.123. The minimum absolute atomic E-state index is 0.0500. The Kier molecular flexibility index (Phi) is 4.32. The zero-order chi connectivity index (χ0) is 16.4. The molecule has 0 unspecified atom stereocenters. The number of aromatic nitrogens is 2. The van der Waals surface area contributed by atoms with Crippen LogP contribution in [0.15, 0.2) is 36.7 Å².